The summed E-state index contributed by atoms with van der Waals surface area (Å²) in [7, 11) is 0. The van der Waals surface area contributed by atoms with E-state index in [4.69, 9.17) is 5.73 Å². The van der Waals surface area contributed by atoms with Crippen LogP contribution >= 0.6 is 15.9 Å². The molecule has 0 spiro atoms. The van der Waals surface area contributed by atoms with Gasteiger partial charge in [-0.3, -0.25) is 4.98 Å². The van der Waals surface area contributed by atoms with E-state index in [0.29, 0.717) is 13.1 Å². The highest BCUT2D eigenvalue weighted by Crippen LogP contribution is 2.21. The van der Waals surface area contributed by atoms with E-state index in [2.05, 4.69) is 26.2 Å². The van der Waals surface area contributed by atoms with Crippen molar-refractivity contribution >= 4 is 21.6 Å². The molecule has 1 aromatic carbocycles. The molecule has 3 N–H and O–H groups in total. The molecule has 0 saturated heterocycles. The summed E-state index contributed by atoms with van der Waals surface area (Å²) in [5, 5.41) is 3.33. The lowest BCUT2D eigenvalue weighted by Crippen LogP contribution is -2.04. The largest absolute Gasteiger partial charge is 0.378 e. The highest BCUT2D eigenvalue weighted by Gasteiger charge is 1.99. The number of aromatic nitrogens is 1. The zero-order valence-corrected chi connectivity index (χ0v) is 10.9. The third kappa shape index (κ3) is 3.28. The number of benzene rings is 1. The molecule has 0 atom stereocenters. The summed E-state index contributed by atoms with van der Waals surface area (Å²) in [6.45, 7) is 1.24. The molecular formula is C13H14BrN3. The lowest BCUT2D eigenvalue weighted by atomic mass is 10.2. The number of nitrogens with one attached hydrogen (secondary N) is 1. The maximum atomic E-state index is 5.59. The average molecular weight is 292 g/mol. The summed E-state index contributed by atoms with van der Waals surface area (Å²) < 4.78 is 1.05. The Balaban J connectivity index is 2.05. The Morgan fingerprint density at radius 1 is 1.24 bits per heavy atom. The summed E-state index contributed by atoms with van der Waals surface area (Å²) in [4.78, 5) is 4.30. The van der Waals surface area contributed by atoms with E-state index in [0.717, 1.165) is 21.4 Å². The van der Waals surface area contributed by atoms with Crippen LogP contribution in [-0.2, 0) is 13.1 Å². The quantitative estimate of drug-likeness (QED) is 0.911. The molecule has 1 aromatic heterocycles. The summed E-state index contributed by atoms with van der Waals surface area (Å²) in [5.74, 6) is 0. The van der Waals surface area contributed by atoms with E-state index < -0.39 is 0 Å². The molecule has 0 bridgehead atoms. The van der Waals surface area contributed by atoms with E-state index in [1.807, 2.05) is 36.4 Å². The number of hydrogen-bond donors (Lipinski definition) is 2. The Morgan fingerprint density at radius 2 is 2.06 bits per heavy atom. The first-order valence-electron chi connectivity index (χ1n) is 5.42. The molecule has 0 amide bonds. The van der Waals surface area contributed by atoms with E-state index in [9.17, 15) is 0 Å². The zero-order valence-electron chi connectivity index (χ0n) is 9.36. The SMILES string of the molecule is NCc1ccnc(CNc2ccccc2Br)c1. The van der Waals surface area contributed by atoms with Gasteiger partial charge in [-0.1, -0.05) is 12.1 Å². The first-order valence-corrected chi connectivity index (χ1v) is 6.21. The Kier molecular flexibility index (Phi) is 4.12. The Labute approximate surface area is 109 Å². The fourth-order valence-corrected chi connectivity index (χ4v) is 1.97. The van der Waals surface area contributed by atoms with E-state index in [1.54, 1.807) is 6.20 Å². The molecule has 88 valence electrons. The predicted octanol–water partition coefficient (Wildman–Crippen LogP) is 2.91. The molecule has 3 nitrogen and oxygen atoms in total. The van der Waals surface area contributed by atoms with Crippen molar-refractivity contribution in [2.45, 2.75) is 13.1 Å². The summed E-state index contributed by atoms with van der Waals surface area (Å²) in [6, 6.07) is 12.0. The van der Waals surface area contributed by atoms with Gasteiger partial charge in [-0.25, -0.2) is 0 Å². The van der Waals surface area contributed by atoms with Crippen LogP contribution in [0, 0.1) is 0 Å². The van der Waals surface area contributed by atoms with Crippen LogP contribution in [0.3, 0.4) is 0 Å². The minimum atomic E-state index is 0.546. The van der Waals surface area contributed by atoms with Crippen LogP contribution in [-0.4, -0.2) is 4.98 Å². The van der Waals surface area contributed by atoms with Gasteiger partial charge >= 0.3 is 0 Å². The molecule has 1 heterocycles. The fraction of sp³-hybridized carbons (Fsp3) is 0.154. The Bertz CT molecular complexity index is 500. The van der Waals surface area contributed by atoms with Crippen molar-refractivity contribution in [3.8, 4) is 0 Å². The van der Waals surface area contributed by atoms with Gasteiger partial charge in [-0.15, -0.1) is 0 Å². The van der Waals surface area contributed by atoms with Crippen molar-refractivity contribution in [3.05, 3.63) is 58.3 Å². The van der Waals surface area contributed by atoms with Crippen LogP contribution in [0.5, 0.6) is 0 Å². The molecule has 4 heteroatoms. The highest BCUT2D eigenvalue weighted by molar-refractivity contribution is 9.10. The van der Waals surface area contributed by atoms with Crippen LogP contribution in [0.25, 0.3) is 0 Å². The number of anilines is 1. The molecule has 0 aliphatic rings. The number of rotatable bonds is 4. The third-order valence-corrected chi connectivity index (χ3v) is 3.14. The van der Waals surface area contributed by atoms with Crippen LogP contribution < -0.4 is 11.1 Å². The van der Waals surface area contributed by atoms with Gasteiger partial charge in [0, 0.05) is 22.9 Å². The van der Waals surface area contributed by atoms with Crippen LogP contribution in [0.15, 0.2) is 47.1 Å². The lowest BCUT2D eigenvalue weighted by molar-refractivity contribution is 0.996. The summed E-state index contributed by atoms with van der Waals surface area (Å²) >= 11 is 3.50. The standard InChI is InChI=1S/C13H14BrN3/c14-12-3-1-2-4-13(12)17-9-11-7-10(8-15)5-6-16-11/h1-7,17H,8-9,15H2. The van der Waals surface area contributed by atoms with E-state index >= 15 is 0 Å². The maximum Gasteiger partial charge on any atom is 0.0597 e. The first kappa shape index (κ1) is 12.1. The zero-order chi connectivity index (χ0) is 12.1. The van der Waals surface area contributed by atoms with Gasteiger partial charge in [0.05, 0.1) is 12.2 Å². The summed E-state index contributed by atoms with van der Waals surface area (Å²) in [6.07, 6.45) is 1.79. The number of nitrogens with zero attached hydrogens (tertiary/aromatic N) is 1. The predicted molar refractivity (Wildman–Crippen MR) is 73.6 cm³/mol. The maximum absolute atomic E-state index is 5.59. The molecular weight excluding hydrogens is 278 g/mol. The second kappa shape index (κ2) is 5.80. The van der Waals surface area contributed by atoms with Crippen molar-refractivity contribution in [1.29, 1.82) is 0 Å². The number of para-hydroxylation sites is 1. The third-order valence-electron chi connectivity index (χ3n) is 2.45. The average Bonchev–Trinajstić information content (AvgIpc) is 2.38. The molecule has 0 aliphatic carbocycles. The monoisotopic (exact) mass is 291 g/mol. The Morgan fingerprint density at radius 3 is 2.82 bits per heavy atom. The van der Waals surface area contributed by atoms with Crippen LogP contribution in [0.4, 0.5) is 5.69 Å². The second-order valence-corrected chi connectivity index (χ2v) is 4.55. The van der Waals surface area contributed by atoms with Gasteiger partial charge in [0.2, 0.25) is 0 Å². The van der Waals surface area contributed by atoms with Gasteiger partial charge in [0.1, 0.15) is 0 Å². The number of nitrogens with two attached hydrogens (primary N) is 1. The molecule has 0 radical (unpaired) electrons. The van der Waals surface area contributed by atoms with Crippen molar-refractivity contribution in [1.82, 2.24) is 4.98 Å². The minimum Gasteiger partial charge on any atom is -0.378 e. The van der Waals surface area contributed by atoms with Gasteiger partial charge in [-0.2, -0.15) is 0 Å². The lowest BCUT2D eigenvalue weighted by Gasteiger charge is -2.08. The number of halogens is 1. The molecule has 2 rings (SSSR count). The summed E-state index contributed by atoms with van der Waals surface area (Å²) in [5.41, 5.74) is 8.75. The van der Waals surface area contributed by atoms with Crippen molar-refractivity contribution < 1.29 is 0 Å². The smallest absolute Gasteiger partial charge is 0.0597 e. The minimum absolute atomic E-state index is 0.546. The molecule has 0 saturated carbocycles. The van der Waals surface area contributed by atoms with E-state index in [-0.39, 0.29) is 0 Å². The molecule has 2 aromatic rings. The molecule has 17 heavy (non-hydrogen) atoms. The van der Waals surface area contributed by atoms with Gasteiger partial charge in [0.15, 0.2) is 0 Å². The fourth-order valence-electron chi connectivity index (χ4n) is 1.54. The molecule has 0 aliphatic heterocycles. The van der Waals surface area contributed by atoms with Crippen molar-refractivity contribution in [2.75, 3.05) is 5.32 Å². The second-order valence-electron chi connectivity index (χ2n) is 3.69. The van der Waals surface area contributed by atoms with E-state index in [1.165, 1.54) is 0 Å². The number of pyridine rings is 1. The normalized spacial score (nSPS) is 10.2. The molecule has 0 fully saturated rings. The topological polar surface area (TPSA) is 50.9 Å². The van der Waals surface area contributed by atoms with Crippen molar-refractivity contribution in [3.63, 3.8) is 0 Å². The van der Waals surface area contributed by atoms with Crippen molar-refractivity contribution in [2.24, 2.45) is 5.73 Å². The van der Waals surface area contributed by atoms with Gasteiger partial charge in [-0.05, 0) is 45.8 Å². The van der Waals surface area contributed by atoms with Gasteiger partial charge in [0.25, 0.3) is 0 Å². The molecule has 0 unspecified atom stereocenters. The number of hydrogen-bond acceptors (Lipinski definition) is 3. The Hall–Kier alpha value is -1.39. The van der Waals surface area contributed by atoms with Crippen LogP contribution in [0.2, 0.25) is 0 Å². The highest BCUT2D eigenvalue weighted by atomic mass is 79.9. The van der Waals surface area contributed by atoms with Gasteiger partial charge < -0.3 is 11.1 Å². The first-order chi connectivity index (χ1) is 8.29. The van der Waals surface area contributed by atoms with Crippen LogP contribution in [0.1, 0.15) is 11.3 Å².